The molecular weight excluding hydrogens is 450 g/mol. The number of methoxy groups -OCH3 is 2. The largest absolute Gasteiger partial charge is 0.497 e. The fourth-order valence-electron chi connectivity index (χ4n) is 4.64. The molecule has 174 valence electrons. The van der Waals surface area contributed by atoms with Crippen LogP contribution in [0.25, 0.3) is 21.3 Å². The standard InChI is InChI=1S/C26H25N3O4S/c1-32-18-10-11-22(33-2)19(13-18)21-9-6-12-29(21)23(30)14-28-16-27-25-24(26(28)31)20(15-34-25)17-7-4-3-5-8-17/h3-5,7-8,10-11,13,15-16,21H,6,9,12,14H2,1-2H3/t21-/m0/s1. The first-order chi connectivity index (χ1) is 16.6. The van der Waals surface area contributed by atoms with Gasteiger partial charge in [0.05, 0.1) is 32.0 Å². The lowest BCUT2D eigenvalue weighted by atomic mass is 10.0. The highest BCUT2D eigenvalue weighted by Crippen LogP contribution is 2.39. The van der Waals surface area contributed by atoms with E-state index < -0.39 is 0 Å². The maximum absolute atomic E-state index is 13.4. The van der Waals surface area contributed by atoms with E-state index in [2.05, 4.69) is 4.98 Å². The Balaban J connectivity index is 1.46. The number of ether oxygens (including phenoxy) is 2. The third kappa shape index (κ3) is 3.94. The molecule has 1 aliphatic rings. The van der Waals surface area contributed by atoms with E-state index in [0.717, 1.165) is 35.3 Å². The van der Waals surface area contributed by atoms with Crippen LogP contribution in [0.2, 0.25) is 0 Å². The van der Waals surface area contributed by atoms with Crippen LogP contribution in [-0.4, -0.2) is 41.1 Å². The topological polar surface area (TPSA) is 73.7 Å². The quantitative estimate of drug-likeness (QED) is 0.410. The van der Waals surface area contributed by atoms with Gasteiger partial charge in [-0.15, -0.1) is 11.3 Å². The number of nitrogens with zero attached hydrogens (tertiary/aromatic N) is 3. The highest BCUT2D eigenvalue weighted by atomic mass is 32.1. The zero-order chi connectivity index (χ0) is 23.7. The Bertz CT molecular complexity index is 1400. The Labute approximate surface area is 201 Å². The summed E-state index contributed by atoms with van der Waals surface area (Å²) in [6.45, 7) is 0.566. The Kier molecular flexibility index (Phi) is 6.06. The number of aromatic nitrogens is 2. The fourth-order valence-corrected chi connectivity index (χ4v) is 5.54. The van der Waals surface area contributed by atoms with Crippen molar-refractivity contribution in [3.63, 3.8) is 0 Å². The van der Waals surface area contributed by atoms with Crippen LogP contribution in [-0.2, 0) is 11.3 Å². The Morgan fingerprint density at radius 3 is 2.74 bits per heavy atom. The van der Waals surface area contributed by atoms with Crippen molar-refractivity contribution < 1.29 is 14.3 Å². The number of hydrogen-bond donors (Lipinski definition) is 0. The first-order valence-corrected chi connectivity index (χ1v) is 12.0. The van der Waals surface area contributed by atoms with Gasteiger partial charge in [-0.3, -0.25) is 14.2 Å². The fraction of sp³-hybridized carbons (Fsp3) is 0.269. The zero-order valence-corrected chi connectivity index (χ0v) is 19.9. The first kappa shape index (κ1) is 22.2. The van der Waals surface area contributed by atoms with E-state index in [1.165, 1.54) is 22.2 Å². The zero-order valence-electron chi connectivity index (χ0n) is 19.1. The van der Waals surface area contributed by atoms with Crippen LogP contribution in [0, 0.1) is 0 Å². The molecule has 1 saturated heterocycles. The predicted octanol–water partition coefficient (Wildman–Crippen LogP) is 4.51. The molecule has 34 heavy (non-hydrogen) atoms. The molecule has 0 unspecified atom stereocenters. The molecule has 1 aliphatic heterocycles. The number of fused-ring (bicyclic) bond motifs is 1. The SMILES string of the molecule is COc1ccc(OC)c([C@@H]2CCCN2C(=O)Cn2cnc3scc(-c4ccccc4)c3c2=O)c1. The van der Waals surface area contributed by atoms with E-state index in [1.54, 1.807) is 14.2 Å². The van der Waals surface area contributed by atoms with E-state index in [4.69, 9.17) is 9.47 Å². The van der Waals surface area contributed by atoms with Gasteiger partial charge in [-0.2, -0.15) is 0 Å². The predicted molar refractivity (Wildman–Crippen MR) is 133 cm³/mol. The summed E-state index contributed by atoms with van der Waals surface area (Å²) in [6, 6.07) is 15.3. The number of thiophene rings is 1. The van der Waals surface area contributed by atoms with Crippen molar-refractivity contribution in [2.24, 2.45) is 0 Å². The lowest BCUT2D eigenvalue weighted by Gasteiger charge is -2.27. The minimum absolute atomic E-state index is 0.0609. The summed E-state index contributed by atoms with van der Waals surface area (Å²) in [4.78, 5) is 33.8. The van der Waals surface area contributed by atoms with Crippen molar-refractivity contribution in [1.82, 2.24) is 14.5 Å². The summed E-state index contributed by atoms with van der Waals surface area (Å²) in [7, 11) is 3.24. The Morgan fingerprint density at radius 2 is 1.97 bits per heavy atom. The molecular formula is C26H25N3O4S. The number of rotatable bonds is 6. The van der Waals surface area contributed by atoms with E-state index in [0.29, 0.717) is 22.5 Å². The Morgan fingerprint density at radius 1 is 1.15 bits per heavy atom. The molecule has 0 bridgehead atoms. The van der Waals surface area contributed by atoms with Crippen LogP contribution in [0.3, 0.4) is 0 Å². The van der Waals surface area contributed by atoms with Crippen LogP contribution in [0.15, 0.2) is 65.0 Å². The molecule has 7 nitrogen and oxygen atoms in total. The van der Waals surface area contributed by atoms with Crippen LogP contribution in [0.1, 0.15) is 24.4 Å². The highest BCUT2D eigenvalue weighted by Gasteiger charge is 2.32. The molecule has 4 aromatic rings. The Hall–Kier alpha value is -3.65. The lowest BCUT2D eigenvalue weighted by Crippen LogP contribution is -2.36. The average Bonchev–Trinajstić information content (AvgIpc) is 3.54. The highest BCUT2D eigenvalue weighted by molar-refractivity contribution is 7.17. The third-order valence-electron chi connectivity index (χ3n) is 6.32. The number of carbonyl (C=O) groups is 1. The molecule has 5 rings (SSSR count). The molecule has 8 heteroatoms. The minimum Gasteiger partial charge on any atom is -0.497 e. The van der Waals surface area contributed by atoms with Crippen molar-refractivity contribution in [3.8, 4) is 22.6 Å². The van der Waals surface area contributed by atoms with E-state index in [-0.39, 0.29) is 24.1 Å². The average molecular weight is 476 g/mol. The molecule has 2 aromatic carbocycles. The first-order valence-electron chi connectivity index (χ1n) is 11.1. The van der Waals surface area contributed by atoms with Gasteiger partial charge < -0.3 is 14.4 Å². The molecule has 2 aromatic heterocycles. The molecule has 0 spiro atoms. The van der Waals surface area contributed by atoms with Gasteiger partial charge in [0.2, 0.25) is 5.91 Å². The second kappa shape index (κ2) is 9.30. The summed E-state index contributed by atoms with van der Waals surface area (Å²) in [5, 5.41) is 2.51. The molecule has 0 aliphatic carbocycles. The van der Waals surface area contributed by atoms with Crippen molar-refractivity contribution in [2.45, 2.75) is 25.4 Å². The molecule has 0 N–H and O–H groups in total. The van der Waals surface area contributed by atoms with Gasteiger partial charge in [0, 0.05) is 23.1 Å². The van der Waals surface area contributed by atoms with Crippen LogP contribution < -0.4 is 15.0 Å². The molecule has 0 saturated carbocycles. The molecule has 0 radical (unpaired) electrons. The van der Waals surface area contributed by atoms with Gasteiger partial charge in [0.1, 0.15) is 22.9 Å². The second-order valence-electron chi connectivity index (χ2n) is 8.23. The maximum Gasteiger partial charge on any atom is 0.263 e. The van der Waals surface area contributed by atoms with Gasteiger partial charge in [0.25, 0.3) is 5.56 Å². The normalized spacial score (nSPS) is 15.6. The summed E-state index contributed by atoms with van der Waals surface area (Å²) in [6.07, 6.45) is 3.18. The van der Waals surface area contributed by atoms with Crippen molar-refractivity contribution >= 4 is 27.5 Å². The van der Waals surface area contributed by atoms with Gasteiger partial charge in [-0.25, -0.2) is 4.98 Å². The van der Waals surface area contributed by atoms with Gasteiger partial charge in [-0.05, 0) is 36.6 Å². The number of benzene rings is 2. The maximum atomic E-state index is 13.4. The monoisotopic (exact) mass is 475 g/mol. The van der Waals surface area contributed by atoms with Crippen molar-refractivity contribution in [2.75, 3.05) is 20.8 Å². The lowest BCUT2D eigenvalue weighted by molar-refractivity contribution is -0.132. The van der Waals surface area contributed by atoms with Crippen LogP contribution >= 0.6 is 11.3 Å². The van der Waals surface area contributed by atoms with Crippen LogP contribution in [0.4, 0.5) is 0 Å². The van der Waals surface area contributed by atoms with E-state index >= 15 is 0 Å². The third-order valence-corrected chi connectivity index (χ3v) is 7.21. The number of likely N-dealkylation sites (tertiary alicyclic amines) is 1. The van der Waals surface area contributed by atoms with Gasteiger partial charge in [-0.1, -0.05) is 30.3 Å². The second-order valence-corrected chi connectivity index (χ2v) is 9.08. The molecule has 1 fully saturated rings. The summed E-state index contributed by atoms with van der Waals surface area (Å²) >= 11 is 1.44. The van der Waals surface area contributed by atoms with Crippen LogP contribution in [0.5, 0.6) is 11.5 Å². The molecule has 1 amide bonds. The number of amides is 1. The van der Waals surface area contributed by atoms with E-state index in [1.807, 2.05) is 58.8 Å². The number of carbonyl (C=O) groups excluding carboxylic acids is 1. The molecule has 3 heterocycles. The van der Waals surface area contributed by atoms with E-state index in [9.17, 15) is 9.59 Å². The minimum atomic E-state index is -0.201. The summed E-state index contributed by atoms with van der Waals surface area (Å²) < 4.78 is 12.4. The molecule has 1 atom stereocenters. The van der Waals surface area contributed by atoms with Gasteiger partial charge >= 0.3 is 0 Å². The summed E-state index contributed by atoms with van der Waals surface area (Å²) in [5.41, 5.74) is 2.52. The number of hydrogen-bond acceptors (Lipinski definition) is 6. The van der Waals surface area contributed by atoms with Crippen molar-refractivity contribution in [1.29, 1.82) is 0 Å². The summed E-state index contributed by atoms with van der Waals surface area (Å²) in [5.74, 6) is 1.32. The smallest absolute Gasteiger partial charge is 0.263 e. The van der Waals surface area contributed by atoms with Gasteiger partial charge in [0.15, 0.2) is 0 Å². The van der Waals surface area contributed by atoms with Crippen molar-refractivity contribution in [3.05, 3.63) is 76.2 Å².